The minimum Gasteiger partial charge on any atom is -0.496 e. The molecule has 12 heteroatoms. The van der Waals surface area contributed by atoms with Crippen molar-refractivity contribution in [1.29, 1.82) is 0 Å². The molecule has 1 saturated heterocycles. The molecule has 2 aliphatic rings. The van der Waals surface area contributed by atoms with E-state index in [4.69, 9.17) is 19.9 Å². The summed E-state index contributed by atoms with van der Waals surface area (Å²) in [7, 11) is 2.84. The Bertz CT molecular complexity index is 1140. The van der Waals surface area contributed by atoms with Gasteiger partial charge in [0, 0.05) is 24.7 Å². The number of cyclic esters (lactones) is 1. The fourth-order valence-corrected chi connectivity index (χ4v) is 4.54. The predicted octanol–water partition coefficient (Wildman–Crippen LogP) is 2.73. The maximum Gasteiger partial charge on any atom is 0.407 e. The van der Waals surface area contributed by atoms with Crippen molar-refractivity contribution in [1.82, 2.24) is 10.2 Å². The molecule has 12 nitrogen and oxygen atoms in total. The SMILES string of the molecule is C=NN1/N=C(\N)[C@@H]2C[C@@H](C(=O)OC)N(C2)C(=O)[C@H](C(C)(C)C)NC(=O)OCCC/C=C/c2cc1ccc2OC. The normalized spacial score (nSPS) is 25.2. The fourth-order valence-electron chi connectivity index (χ4n) is 4.54. The van der Waals surface area contributed by atoms with Gasteiger partial charge >= 0.3 is 12.1 Å². The zero-order valence-electron chi connectivity index (χ0n) is 23.2. The highest BCUT2D eigenvalue weighted by Gasteiger charge is 2.46. The molecule has 3 N–H and O–H groups in total. The number of alkyl carbamates (subject to hydrolysis) is 1. The Balaban J connectivity index is 2.05. The van der Waals surface area contributed by atoms with E-state index in [0.29, 0.717) is 24.3 Å². The second-order valence-corrected chi connectivity index (χ2v) is 10.5. The van der Waals surface area contributed by atoms with E-state index in [1.165, 1.54) is 17.1 Å². The van der Waals surface area contributed by atoms with E-state index < -0.39 is 41.4 Å². The molecule has 4 bridgehead atoms. The number of nitrogens with zero attached hydrogens (tertiary/aromatic N) is 4. The van der Waals surface area contributed by atoms with Crippen molar-refractivity contribution in [3.05, 3.63) is 29.8 Å². The Labute approximate surface area is 228 Å². The van der Waals surface area contributed by atoms with Gasteiger partial charge in [-0.2, -0.15) is 10.2 Å². The lowest BCUT2D eigenvalue weighted by Crippen LogP contribution is -2.57. The summed E-state index contributed by atoms with van der Waals surface area (Å²) in [5.74, 6) is -0.686. The van der Waals surface area contributed by atoms with Crippen LogP contribution in [0, 0.1) is 11.3 Å². The molecule has 1 aromatic carbocycles. The number of amidine groups is 1. The number of hydrogen-bond acceptors (Lipinski definition) is 10. The summed E-state index contributed by atoms with van der Waals surface area (Å²) >= 11 is 0. The molecule has 2 amide bonds. The second kappa shape index (κ2) is 12.6. The molecular formula is C27H38N6O6. The van der Waals surface area contributed by atoms with E-state index in [2.05, 4.69) is 22.2 Å². The number of nitrogens with two attached hydrogens (primary N) is 1. The van der Waals surface area contributed by atoms with Gasteiger partial charge in [-0.15, -0.1) is 5.10 Å². The van der Waals surface area contributed by atoms with Crippen molar-refractivity contribution >= 4 is 42.3 Å². The third-order valence-electron chi connectivity index (χ3n) is 6.68. The van der Waals surface area contributed by atoms with Crippen molar-refractivity contribution in [3.63, 3.8) is 0 Å². The van der Waals surface area contributed by atoms with Gasteiger partial charge in [0.25, 0.3) is 0 Å². The molecule has 2 aliphatic heterocycles. The highest BCUT2D eigenvalue weighted by atomic mass is 16.5. The molecule has 1 fully saturated rings. The van der Waals surface area contributed by atoms with Gasteiger partial charge in [0.15, 0.2) is 0 Å². The molecule has 0 radical (unpaired) electrons. The zero-order chi connectivity index (χ0) is 28.7. The Morgan fingerprint density at radius 2 is 2.03 bits per heavy atom. The lowest BCUT2D eigenvalue weighted by molar-refractivity contribution is -0.152. The van der Waals surface area contributed by atoms with Crippen LogP contribution in [0.4, 0.5) is 10.5 Å². The largest absolute Gasteiger partial charge is 0.496 e. The van der Waals surface area contributed by atoms with Crippen LogP contribution < -0.4 is 20.9 Å². The third kappa shape index (κ3) is 7.06. The highest BCUT2D eigenvalue weighted by molar-refractivity contribution is 5.93. The molecule has 0 spiro atoms. The Morgan fingerprint density at radius 3 is 2.67 bits per heavy atom. The maximum atomic E-state index is 13.8. The monoisotopic (exact) mass is 542 g/mol. The third-order valence-corrected chi connectivity index (χ3v) is 6.68. The molecule has 2 heterocycles. The summed E-state index contributed by atoms with van der Waals surface area (Å²) in [6.07, 6.45) is 4.53. The Hall–Kier alpha value is -4.09. The standard InChI is InChI=1S/C27H38N6O6/c1-27(2,3)22-24(34)32-16-18(15-20(32)25(35)38-6)23(28)31-33(29-4)19-11-12-21(37-5)17(14-19)10-8-7-9-13-39-26(36)30-22/h8,10-12,14,18,20,22H,4,7,9,13,15-16H2,1-3,5-6H3,(H2,28,31)(H,30,36)/b10-8+/t18-,20+,22-/m1/s1. The number of rotatable bonds is 3. The lowest BCUT2D eigenvalue weighted by atomic mass is 9.85. The van der Waals surface area contributed by atoms with Crippen molar-refractivity contribution in [2.24, 2.45) is 27.3 Å². The molecular weight excluding hydrogens is 504 g/mol. The molecule has 0 saturated carbocycles. The zero-order valence-corrected chi connectivity index (χ0v) is 23.2. The second-order valence-electron chi connectivity index (χ2n) is 10.5. The predicted molar refractivity (Wildman–Crippen MR) is 148 cm³/mol. The average molecular weight is 543 g/mol. The van der Waals surface area contributed by atoms with E-state index in [1.54, 1.807) is 19.2 Å². The van der Waals surface area contributed by atoms with Crippen LogP contribution >= 0.6 is 0 Å². The number of anilines is 1. The molecule has 3 atom stereocenters. The number of nitrogens with one attached hydrogen (secondary N) is 1. The first-order valence-corrected chi connectivity index (χ1v) is 12.8. The van der Waals surface area contributed by atoms with Crippen LogP contribution in [0.2, 0.25) is 0 Å². The molecule has 0 unspecified atom stereocenters. The first kappa shape index (κ1) is 29.5. The van der Waals surface area contributed by atoms with Crippen molar-refractivity contribution in [2.45, 2.75) is 52.1 Å². The molecule has 212 valence electrons. The molecule has 3 rings (SSSR count). The van der Waals surface area contributed by atoms with Gasteiger partial charge in [-0.3, -0.25) is 4.79 Å². The Morgan fingerprint density at radius 1 is 1.28 bits per heavy atom. The van der Waals surface area contributed by atoms with Crippen LogP contribution in [-0.2, 0) is 19.1 Å². The summed E-state index contributed by atoms with van der Waals surface area (Å²) < 4.78 is 15.8. The number of fused-ring (bicyclic) bond motifs is 4. The van der Waals surface area contributed by atoms with Crippen molar-refractivity contribution in [2.75, 3.05) is 32.5 Å². The van der Waals surface area contributed by atoms with Gasteiger partial charge in [0.05, 0.1) is 26.5 Å². The number of hydrazone groups is 2. The maximum absolute atomic E-state index is 13.8. The minimum atomic E-state index is -0.962. The van der Waals surface area contributed by atoms with Gasteiger partial charge in [0.1, 0.15) is 23.7 Å². The summed E-state index contributed by atoms with van der Waals surface area (Å²) in [5, 5.41) is 12.5. The number of carbonyl (C=O) groups is 3. The molecule has 0 aliphatic carbocycles. The summed E-state index contributed by atoms with van der Waals surface area (Å²) in [4.78, 5) is 40.5. The van der Waals surface area contributed by atoms with Crippen LogP contribution in [0.5, 0.6) is 5.75 Å². The first-order valence-electron chi connectivity index (χ1n) is 12.8. The number of ether oxygens (including phenoxy) is 3. The summed E-state index contributed by atoms with van der Waals surface area (Å²) in [6, 6.07) is 3.51. The van der Waals surface area contributed by atoms with Crippen molar-refractivity contribution in [3.8, 4) is 5.75 Å². The number of amides is 2. The van der Waals surface area contributed by atoms with Crippen molar-refractivity contribution < 1.29 is 28.6 Å². The Kier molecular flexibility index (Phi) is 9.55. The smallest absolute Gasteiger partial charge is 0.407 e. The topological polar surface area (TPSA) is 148 Å². The summed E-state index contributed by atoms with van der Waals surface area (Å²) in [6.45, 7) is 9.34. The lowest BCUT2D eigenvalue weighted by Gasteiger charge is -2.34. The summed E-state index contributed by atoms with van der Waals surface area (Å²) in [5.41, 5.74) is 7.10. The molecule has 0 aromatic heterocycles. The van der Waals surface area contributed by atoms with E-state index in [0.717, 1.165) is 5.56 Å². The minimum absolute atomic E-state index is 0.0961. The van der Waals surface area contributed by atoms with Gasteiger partial charge < -0.3 is 30.2 Å². The number of allylic oxidation sites excluding steroid dienone is 1. The van der Waals surface area contributed by atoms with Gasteiger partial charge in [0.2, 0.25) is 5.91 Å². The average Bonchev–Trinajstić information content (AvgIpc) is 3.36. The van der Waals surface area contributed by atoms with Crippen LogP contribution in [0.25, 0.3) is 6.08 Å². The highest BCUT2D eigenvalue weighted by Crippen LogP contribution is 2.31. The van der Waals surface area contributed by atoms with E-state index in [1.807, 2.05) is 39.0 Å². The van der Waals surface area contributed by atoms with Crippen LogP contribution in [0.1, 0.15) is 45.6 Å². The number of carbonyl (C=O) groups excluding carboxylic acids is 3. The fraction of sp³-hybridized carbons (Fsp3) is 0.519. The number of hydrogen-bond donors (Lipinski definition) is 2. The molecule has 39 heavy (non-hydrogen) atoms. The van der Waals surface area contributed by atoms with Crippen LogP contribution in [0.3, 0.4) is 0 Å². The van der Waals surface area contributed by atoms with Crippen LogP contribution in [0.15, 0.2) is 34.5 Å². The number of benzene rings is 1. The van der Waals surface area contributed by atoms with Gasteiger partial charge in [-0.25, -0.2) is 9.59 Å². The quantitative estimate of drug-likeness (QED) is 0.438. The number of methoxy groups -OCH3 is 2. The first-order chi connectivity index (χ1) is 18.5. The van der Waals surface area contributed by atoms with E-state index >= 15 is 0 Å². The van der Waals surface area contributed by atoms with E-state index in [9.17, 15) is 14.4 Å². The van der Waals surface area contributed by atoms with Gasteiger partial charge in [-0.05, 0) is 42.9 Å². The van der Waals surface area contributed by atoms with Gasteiger partial charge in [-0.1, -0.05) is 32.9 Å². The molecule has 1 aromatic rings. The number of esters is 1. The van der Waals surface area contributed by atoms with E-state index in [-0.39, 0.29) is 25.4 Å². The van der Waals surface area contributed by atoms with Crippen LogP contribution in [-0.4, -0.2) is 74.9 Å².